The molecule has 0 saturated heterocycles. The third-order valence-electron chi connectivity index (χ3n) is 3.57. The molecule has 106 valence electrons. The first-order valence-corrected chi connectivity index (χ1v) is 7.16. The maximum Gasteiger partial charge on any atom is 0.387 e. The van der Waals surface area contributed by atoms with Crippen molar-refractivity contribution < 1.29 is 13.5 Å². The fourth-order valence-electron chi connectivity index (χ4n) is 2.17. The molecule has 1 aromatic rings. The van der Waals surface area contributed by atoms with Crippen LogP contribution < -0.4 is 10.1 Å². The van der Waals surface area contributed by atoms with Crippen LogP contribution in [-0.2, 0) is 6.54 Å². The molecular weight excluding hydrogens is 316 g/mol. The zero-order valence-electron chi connectivity index (χ0n) is 11.1. The van der Waals surface area contributed by atoms with E-state index in [1.54, 1.807) is 12.1 Å². The van der Waals surface area contributed by atoms with Crippen molar-refractivity contribution in [3.8, 4) is 5.75 Å². The molecule has 0 aliphatic heterocycles. The second kappa shape index (κ2) is 5.75. The Balaban J connectivity index is 2.07. The van der Waals surface area contributed by atoms with E-state index in [4.69, 9.17) is 0 Å². The fraction of sp³-hybridized carbons (Fsp3) is 0.571. The fourth-order valence-corrected chi connectivity index (χ4v) is 2.58. The van der Waals surface area contributed by atoms with E-state index >= 15 is 0 Å². The molecule has 0 bridgehead atoms. The largest absolute Gasteiger partial charge is 0.434 e. The van der Waals surface area contributed by atoms with Crippen molar-refractivity contribution >= 4 is 15.9 Å². The van der Waals surface area contributed by atoms with Gasteiger partial charge in [0.15, 0.2) is 0 Å². The first-order chi connectivity index (χ1) is 8.88. The van der Waals surface area contributed by atoms with Gasteiger partial charge in [0, 0.05) is 22.1 Å². The zero-order valence-corrected chi connectivity index (χ0v) is 12.6. The Bertz CT molecular complexity index is 447. The lowest BCUT2D eigenvalue weighted by Gasteiger charge is -2.27. The Kier molecular flexibility index (Phi) is 4.46. The molecular formula is C14H18BrF2NO. The van der Waals surface area contributed by atoms with E-state index in [0.717, 1.165) is 10.0 Å². The van der Waals surface area contributed by atoms with Gasteiger partial charge in [-0.3, -0.25) is 0 Å². The third-order valence-corrected chi connectivity index (χ3v) is 4.06. The van der Waals surface area contributed by atoms with Gasteiger partial charge >= 0.3 is 6.61 Å². The van der Waals surface area contributed by atoms with Crippen LogP contribution in [0.2, 0.25) is 0 Å². The summed E-state index contributed by atoms with van der Waals surface area (Å²) in [5.74, 6) is 0.913. The van der Waals surface area contributed by atoms with Crippen LogP contribution in [0, 0.1) is 5.92 Å². The summed E-state index contributed by atoms with van der Waals surface area (Å²) in [6.07, 6.45) is 2.47. The number of rotatable bonds is 6. The Morgan fingerprint density at radius 1 is 1.42 bits per heavy atom. The number of ether oxygens (including phenoxy) is 1. The Morgan fingerprint density at radius 2 is 2.11 bits per heavy atom. The number of benzene rings is 1. The third kappa shape index (κ3) is 4.14. The van der Waals surface area contributed by atoms with E-state index in [0.29, 0.717) is 12.5 Å². The highest BCUT2D eigenvalue weighted by Gasteiger charge is 2.37. The SMILES string of the molecule is CC(C)(NCc1cc(Br)ccc1OC(F)F)C1CC1. The molecule has 0 heterocycles. The quantitative estimate of drug-likeness (QED) is 0.836. The molecule has 1 N–H and O–H groups in total. The van der Waals surface area contributed by atoms with E-state index < -0.39 is 6.61 Å². The maximum atomic E-state index is 12.4. The van der Waals surface area contributed by atoms with Gasteiger partial charge in [-0.15, -0.1) is 0 Å². The number of alkyl halides is 2. The first-order valence-electron chi connectivity index (χ1n) is 6.37. The topological polar surface area (TPSA) is 21.3 Å². The molecule has 0 aromatic heterocycles. The zero-order chi connectivity index (χ0) is 14.0. The lowest BCUT2D eigenvalue weighted by atomic mass is 9.98. The molecule has 5 heteroatoms. The van der Waals surface area contributed by atoms with E-state index in [2.05, 4.69) is 39.8 Å². The lowest BCUT2D eigenvalue weighted by Crippen LogP contribution is -2.40. The number of hydrogen-bond acceptors (Lipinski definition) is 2. The van der Waals surface area contributed by atoms with Crippen LogP contribution in [0.15, 0.2) is 22.7 Å². The van der Waals surface area contributed by atoms with Crippen molar-refractivity contribution in [2.75, 3.05) is 0 Å². The predicted octanol–water partition coefficient (Wildman–Crippen LogP) is 4.33. The van der Waals surface area contributed by atoms with Crippen molar-refractivity contribution in [1.29, 1.82) is 0 Å². The second-order valence-electron chi connectivity index (χ2n) is 5.48. The standard InChI is InChI=1S/C14H18BrF2NO/c1-14(2,10-3-4-10)18-8-9-7-11(15)5-6-12(9)19-13(16)17/h5-7,10,13,18H,3-4,8H2,1-2H3. The van der Waals surface area contributed by atoms with Crippen LogP contribution in [0.1, 0.15) is 32.3 Å². The minimum Gasteiger partial charge on any atom is -0.434 e. The van der Waals surface area contributed by atoms with Crippen molar-refractivity contribution in [3.63, 3.8) is 0 Å². The van der Waals surface area contributed by atoms with Crippen LogP contribution in [0.5, 0.6) is 5.75 Å². The molecule has 1 saturated carbocycles. The van der Waals surface area contributed by atoms with Crippen LogP contribution >= 0.6 is 15.9 Å². The van der Waals surface area contributed by atoms with E-state index in [9.17, 15) is 8.78 Å². The smallest absolute Gasteiger partial charge is 0.387 e. The van der Waals surface area contributed by atoms with Crippen molar-refractivity contribution in [1.82, 2.24) is 5.32 Å². The average Bonchev–Trinajstić information content (AvgIpc) is 3.13. The lowest BCUT2D eigenvalue weighted by molar-refractivity contribution is -0.0505. The van der Waals surface area contributed by atoms with Crippen molar-refractivity contribution in [2.24, 2.45) is 5.92 Å². The summed E-state index contributed by atoms with van der Waals surface area (Å²) in [6.45, 7) is 2.02. The molecule has 1 fully saturated rings. The minimum atomic E-state index is -2.80. The highest BCUT2D eigenvalue weighted by Crippen LogP contribution is 2.39. The molecule has 19 heavy (non-hydrogen) atoms. The summed E-state index contributed by atoms with van der Waals surface area (Å²) >= 11 is 3.35. The molecule has 0 spiro atoms. The van der Waals surface area contributed by atoms with Crippen LogP contribution in [0.25, 0.3) is 0 Å². The number of hydrogen-bond donors (Lipinski definition) is 1. The monoisotopic (exact) mass is 333 g/mol. The summed E-state index contributed by atoms with van der Waals surface area (Å²) < 4.78 is 30.1. The van der Waals surface area contributed by atoms with Crippen molar-refractivity contribution in [3.05, 3.63) is 28.2 Å². The first kappa shape index (κ1) is 14.7. The summed E-state index contributed by atoms with van der Waals surface area (Å²) in [6, 6.07) is 5.08. The Morgan fingerprint density at radius 3 is 2.68 bits per heavy atom. The van der Waals surface area contributed by atoms with Gasteiger partial charge in [0.25, 0.3) is 0 Å². The van der Waals surface area contributed by atoms with Gasteiger partial charge in [-0.1, -0.05) is 15.9 Å². The van der Waals surface area contributed by atoms with Gasteiger partial charge in [-0.2, -0.15) is 8.78 Å². The molecule has 0 unspecified atom stereocenters. The second-order valence-corrected chi connectivity index (χ2v) is 6.40. The van der Waals surface area contributed by atoms with Gasteiger partial charge in [-0.25, -0.2) is 0 Å². The highest BCUT2D eigenvalue weighted by molar-refractivity contribution is 9.10. The maximum absolute atomic E-state index is 12.4. The Hall–Kier alpha value is -0.680. The van der Waals surface area contributed by atoms with Gasteiger partial charge in [0.05, 0.1) is 0 Å². The highest BCUT2D eigenvalue weighted by atomic mass is 79.9. The van der Waals surface area contributed by atoms with Gasteiger partial charge in [0.2, 0.25) is 0 Å². The molecule has 2 rings (SSSR count). The molecule has 1 aliphatic rings. The predicted molar refractivity (Wildman–Crippen MR) is 74.4 cm³/mol. The molecule has 1 aromatic carbocycles. The van der Waals surface area contributed by atoms with Gasteiger partial charge in [-0.05, 0) is 50.8 Å². The summed E-state index contributed by atoms with van der Waals surface area (Å²) in [7, 11) is 0. The van der Waals surface area contributed by atoms with Gasteiger partial charge < -0.3 is 10.1 Å². The van der Waals surface area contributed by atoms with Crippen LogP contribution in [-0.4, -0.2) is 12.2 Å². The van der Waals surface area contributed by atoms with E-state index in [1.165, 1.54) is 12.8 Å². The number of nitrogens with one attached hydrogen (secondary N) is 1. The Labute approximate surface area is 120 Å². The van der Waals surface area contributed by atoms with E-state index in [1.807, 2.05) is 6.07 Å². The summed E-state index contributed by atoms with van der Waals surface area (Å²) in [4.78, 5) is 0. The molecule has 0 atom stereocenters. The van der Waals surface area contributed by atoms with E-state index in [-0.39, 0.29) is 11.3 Å². The number of halogens is 3. The van der Waals surface area contributed by atoms with Crippen LogP contribution in [0.4, 0.5) is 8.78 Å². The van der Waals surface area contributed by atoms with Gasteiger partial charge in [0.1, 0.15) is 5.75 Å². The normalized spacial score (nSPS) is 15.9. The summed E-state index contributed by atoms with van der Waals surface area (Å²) in [5, 5.41) is 3.43. The molecule has 2 nitrogen and oxygen atoms in total. The molecule has 0 amide bonds. The average molecular weight is 334 g/mol. The summed E-state index contributed by atoms with van der Waals surface area (Å²) in [5.41, 5.74) is 0.771. The van der Waals surface area contributed by atoms with Crippen molar-refractivity contribution in [2.45, 2.75) is 45.4 Å². The minimum absolute atomic E-state index is 0.0322. The molecule has 1 aliphatic carbocycles. The van der Waals surface area contributed by atoms with Crippen LogP contribution in [0.3, 0.4) is 0 Å². The molecule has 0 radical (unpaired) electrons.